The van der Waals surface area contributed by atoms with Crippen molar-refractivity contribution in [1.29, 1.82) is 0 Å². The van der Waals surface area contributed by atoms with Crippen LogP contribution in [0, 0.1) is 0 Å². The first-order valence-electron chi connectivity index (χ1n) is 7.62. The number of amides is 1. The lowest BCUT2D eigenvalue weighted by Crippen LogP contribution is -2.69. The lowest BCUT2D eigenvalue weighted by Gasteiger charge is -2.53. The Morgan fingerprint density at radius 1 is 1.45 bits per heavy atom. The molecule has 6 nitrogen and oxygen atoms in total. The molecule has 7 heteroatoms. The van der Waals surface area contributed by atoms with Crippen molar-refractivity contribution >= 4 is 5.91 Å². The second-order valence-electron chi connectivity index (χ2n) is 6.53. The number of aromatic nitrogens is 2. The van der Waals surface area contributed by atoms with E-state index in [1.54, 1.807) is 11.1 Å². The summed E-state index contributed by atoms with van der Waals surface area (Å²) in [7, 11) is 1.98. The van der Waals surface area contributed by atoms with Gasteiger partial charge in [-0.3, -0.25) is 4.79 Å². The normalized spacial score (nSPS) is 31.0. The van der Waals surface area contributed by atoms with E-state index in [2.05, 4.69) is 14.9 Å². The van der Waals surface area contributed by atoms with E-state index in [0.717, 1.165) is 11.3 Å². The number of hydrogen-bond donors (Lipinski definition) is 0. The maximum absolute atomic E-state index is 14.3. The molecule has 4 rings (SSSR count). The number of halogens is 1. The number of carbonyl (C=O) groups is 1. The molecule has 4 heterocycles. The Balaban J connectivity index is 1.73. The topological polar surface area (TPSA) is 58.6 Å². The molecule has 0 radical (unpaired) electrons. The van der Waals surface area contributed by atoms with Gasteiger partial charge in [-0.05, 0) is 13.5 Å². The average molecular weight is 306 g/mol. The van der Waals surface area contributed by atoms with Crippen LogP contribution in [0.25, 0.3) is 0 Å². The van der Waals surface area contributed by atoms with E-state index in [0.29, 0.717) is 32.7 Å². The summed E-state index contributed by atoms with van der Waals surface area (Å²) in [5, 5.41) is 0. The highest BCUT2D eigenvalue weighted by atomic mass is 19.1. The highest BCUT2D eigenvalue weighted by molar-refractivity contribution is 5.91. The molecule has 1 aromatic rings. The van der Waals surface area contributed by atoms with Gasteiger partial charge in [0.1, 0.15) is 17.9 Å². The Bertz CT molecular complexity index is 605. The number of fused-ring (bicyclic) bond motifs is 2. The predicted molar refractivity (Wildman–Crippen MR) is 75.9 cm³/mol. The molecule has 1 amide bonds. The van der Waals surface area contributed by atoms with Crippen molar-refractivity contribution in [1.82, 2.24) is 19.8 Å². The summed E-state index contributed by atoms with van der Waals surface area (Å²) in [6.07, 6.45) is 2.67. The molecular formula is C15H19FN4O2. The number of ether oxygens (including phenoxy) is 1. The average Bonchev–Trinajstić information content (AvgIpc) is 2.49. The zero-order chi connectivity index (χ0) is 15.3. The quantitative estimate of drug-likeness (QED) is 0.738. The Morgan fingerprint density at radius 3 is 3.00 bits per heavy atom. The first-order valence-corrected chi connectivity index (χ1v) is 7.62. The van der Waals surface area contributed by atoms with Gasteiger partial charge in [-0.1, -0.05) is 0 Å². The van der Waals surface area contributed by atoms with E-state index in [-0.39, 0.29) is 12.5 Å². The fourth-order valence-electron chi connectivity index (χ4n) is 4.01. The Labute approximate surface area is 128 Å². The van der Waals surface area contributed by atoms with Crippen LogP contribution in [0.1, 0.15) is 17.7 Å². The molecule has 0 N–H and O–H groups in total. The minimum Gasteiger partial charge on any atom is -0.378 e. The van der Waals surface area contributed by atoms with Crippen LogP contribution in [0.15, 0.2) is 12.5 Å². The van der Waals surface area contributed by atoms with Crippen molar-refractivity contribution in [3.05, 3.63) is 23.8 Å². The zero-order valence-electron chi connectivity index (χ0n) is 12.5. The van der Waals surface area contributed by atoms with Crippen molar-refractivity contribution in [2.45, 2.75) is 30.6 Å². The SMILES string of the molecule is CN1CC2(C1)C(=O)N([C@@H]1CCOC[C@H]1F)Cc1cncnc12. The summed E-state index contributed by atoms with van der Waals surface area (Å²) in [5.74, 6) is 0.00588. The zero-order valence-corrected chi connectivity index (χ0v) is 12.5. The minimum atomic E-state index is -1.13. The van der Waals surface area contributed by atoms with Crippen LogP contribution in [-0.2, 0) is 21.5 Å². The van der Waals surface area contributed by atoms with Crippen LogP contribution >= 0.6 is 0 Å². The molecule has 118 valence electrons. The van der Waals surface area contributed by atoms with Gasteiger partial charge in [-0.15, -0.1) is 0 Å². The van der Waals surface area contributed by atoms with E-state index in [9.17, 15) is 9.18 Å². The molecule has 1 aromatic heterocycles. The lowest BCUT2D eigenvalue weighted by molar-refractivity contribution is -0.154. The minimum absolute atomic E-state index is 0.00588. The summed E-state index contributed by atoms with van der Waals surface area (Å²) in [6.45, 7) is 2.23. The van der Waals surface area contributed by atoms with Gasteiger partial charge in [0.15, 0.2) is 0 Å². The molecule has 1 spiro atoms. The van der Waals surface area contributed by atoms with Gasteiger partial charge in [0.2, 0.25) is 5.91 Å². The highest BCUT2D eigenvalue weighted by Gasteiger charge is 2.57. The van der Waals surface area contributed by atoms with Crippen LogP contribution in [0.4, 0.5) is 4.39 Å². The van der Waals surface area contributed by atoms with Crippen LogP contribution in [0.3, 0.4) is 0 Å². The molecule has 0 aromatic carbocycles. The smallest absolute Gasteiger partial charge is 0.238 e. The first-order chi connectivity index (χ1) is 10.6. The second-order valence-corrected chi connectivity index (χ2v) is 6.53. The van der Waals surface area contributed by atoms with Gasteiger partial charge in [0.25, 0.3) is 0 Å². The van der Waals surface area contributed by atoms with Gasteiger partial charge in [0.05, 0.1) is 18.3 Å². The Kier molecular flexibility index (Phi) is 3.16. The summed E-state index contributed by atoms with van der Waals surface area (Å²) in [6, 6.07) is -0.405. The van der Waals surface area contributed by atoms with Crippen molar-refractivity contribution in [2.24, 2.45) is 0 Å². The van der Waals surface area contributed by atoms with Crippen molar-refractivity contribution < 1.29 is 13.9 Å². The van der Waals surface area contributed by atoms with Crippen LogP contribution in [0.2, 0.25) is 0 Å². The third kappa shape index (κ3) is 1.88. The van der Waals surface area contributed by atoms with Gasteiger partial charge < -0.3 is 14.5 Å². The molecule has 2 atom stereocenters. The molecule has 2 fully saturated rings. The molecule has 0 saturated carbocycles. The molecular weight excluding hydrogens is 287 g/mol. The summed E-state index contributed by atoms with van der Waals surface area (Å²) >= 11 is 0. The third-order valence-corrected chi connectivity index (χ3v) is 4.98. The highest BCUT2D eigenvalue weighted by Crippen LogP contribution is 2.41. The fourth-order valence-corrected chi connectivity index (χ4v) is 4.01. The maximum Gasteiger partial charge on any atom is 0.238 e. The van der Waals surface area contributed by atoms with Crippen molar-refractivity contribution in [3.63, 3.8) is 0 Å². The van der Waals surface area contributed by atoms with Gasteiger partial charge in [-0.25, -0.2) is 14.4 Å². The van der Waals surface area contributed by atoms with Crippen LogP contribution in [0.5, 0.6) is 0 Å². The number of likely N-dealkylation sites (tertiary alicyclic amines) is 1. The van der Waals surface area contributed by atoms with Crippen LogP contribution in [-0.4, -0.2) is 71.2 Å². The monoisotopic (exact) mass is 306 g/mol. The summed E-state index contributed by atoms with van der Waals surface area (Å²) in [5.41, 5.74) is 1.14. The predicted octanol–water partition coefficient (Wildman–Crippen LogP) is 0.129. The molecule has 0 bridgehead atoms. The number of alkyl halides is 1. The number of rotatable bonds is 1. The third-order valence-electron chi connectivity index (χ3n) is 4.98. The van der Waals surface area contributed by atoms with Crippen molar-refractivity contribution in [2.75, 3.05) is 33.4 Å². The molecule has 0 aliphatic carbocycles. The van der Waals surface area contributed by atoms with E-state index >= 15 is 0 Å². The second kappa shape index (κ2) is 4.96. The van der Waals surface area contributed by atoms with E-state index in [1.807, 2.05) is 7.05 Å². The van der Waals surface area contributed by atoms with Crippen LogP contribution < -0.4 is 0 Å². The van der Waals surface area contributed by atoms with Gasteiger partial charge in [-0.2, -0.15) is 0 Å². The molecule has 0 unspecified atom stereocenters. The van der Waals surface area contributed by atoms with Gasteiger partial charge in [0, 0.05) is 38.0 Å². The number of carbonyl (C=O) groups excluding carboxylic acids is 1. The Morgan fingerprint density at radius 2 is 2.27 bits per heavy atom. The summed E-state index contributed by atoms with van der Waals surface area (Å²) < 4.78 is 19.4. The Hall–Kier alpha value is -1.60. The largest absolute Gasteiger partial charge is 0.378 e. The first kappa shape index (κ1) is 14.0. The van der Waals surface area contributed by atoms with Crippen molar-refractivity contribution in [3.8, 4) is 0 Å². The van der Waals surface area contributed by atoms with E-state index in [4.69, 9.17) is 4.74 Å². The molecule has 2 saturated heterocycles. The maximum atomic E-state index is 14.3. The van der Waals surface area contributed by atoms with E-state index in [1.165, 1.54) is 6.33 Å². The molecule has 22 heavy (non-hydrogen) atoms. The van der Waals surface area contributed by atoms with E-state index < -0.39 is 17.6 Å². The number of likely N-dealkylation sites (N-methyl/N-ethyl adjacent to an activating group) is 1. The van der Waals surface area contributed by atoms with Gasteiger partial charge >= 0.3 is 0 Å². The number of hydrogen-bond acceptors (Lipinski definition) is 5. The molecule has 3 aliphatic heterocycles. The summed E-state index contributed by atoms with van der Waals surface area (Å²) in [4.78, 5) is 25.4. The lowest BCUT2D eigenvalue weighted by atomic mass is 9.71. The standard InChI is InChI=1S/C15H19FN4O2/c1-19-7-15(8-19)13-10(4-17-9-18-13)5-20(14(15)21)12-2-3-22-6-11(12)16/h4,9,11-12H,2-3,5-8H2,1H3/t11-,12-/m1/s1. The molecule has 3 aliphatic rings. The number of nitrogens with zero attached hydrogens (tertiary/aromatic N) is 4. The fraction of sp³-hybridized carbons (Fsp3) is 0.667.